The number of halogens is 3. The molecule has 1 heterocycles. The first-order chi connectivity index (χ1) is 8.58. The van der Waals surface area contributed by atoms with Crippen molar-refractivity contribution in [2.45, 2.75) is 0 Å². The van der Waals surface area contributed by atoms with Crippen molar-refractivity contribution in [1.29, 1.82) is 0 Å². The summed E-state index contributed by atoms with van der Waals surface area (Å²) < 4.78 is 13.9. The van der Waals surface area contributed by atoms with E-state index in [1.54, 1.807) is 6.07 Å². The van der Waals surface area contributed by atoms with E-state index in [4.69, 9.17) is 11.6 Å². The van der Waals surface area contributed by atoms with Crippen LogP contribution >= 0.6 is 27.5 Å². The maximum atomic E-state index is 13.7. The summed E-state index contributed by atoms with van der Waals surface area (Å²) in [7, 11) is 0. The number of hydrogen-bond acceptors (Lipinski definition) is 3. The molecule has 0 fully saturated rings. The topological polar surface area (TPSA) is 54.9 Å². The summed E-state index contributed by atoms with van der Waals surface area (Å²) in [5.74, 6) is -1.03. The zero-order valence-electron chi connectivity index (χ0n) is 8.82. The van der Waals surface area contributed by atoms with Crippen LogP contribution in [0.2, 0.25) is 5.15 Å². The van der Waals surface area contributed by atoms with Gasteiger partial charge in [-0.2, -0.15) is 0 Å². The number of rotatable bonds is 2. The van der Waals surface area contributed by atoms with Crippen molar-refractivity contribution < 1.29 is 9.18 Å². The number of benzene rings is 1. The Morgan fingerprint density at radius 1 is 1.39 bits per heavy atom. The highest BCUT2D eigenvalue weighted by Crippen LogP contribution is 2.19. The predicted molar refractivity (Wildman–Crippen MR) is 69.1 cm³/mol. The number of hydrogen-bond donors (Lipinski definition) is 1. The van der Waals surface area contributed by atoms with E-state index < -0.39 is 11.7 Å². The summed E-state index contributed by atoms with van der Waals surface area (Å²) >= 11 is 8.66. The smallest absolute Gasteiger partial charge is 0.259 e. The molecule has 0 saturated carbocycles. The van der Waals surface area contributed by atoms with Crippen LogP contribution in [0.4, 0.5) is 10.2 Å². The fourth-order valence-corrected chi connectivity index (χ4v) is 1.78. The van der Waals surface area contributed by atoms with Crippen LogP contribution in [0.3, 0.4) is 0 Å². The number of nitrogens with zero attached hydrogens (tertiary/aromatic N) is 2. The maximum absolute atomic E-state index is 13.7. The van der Waals surface area contributed by atoms with Crippen molar-refractivity contribution in [3.8, 4) is 0 Å². The standard InChI is InChI=1S/C11H6BrClFN3O/c12-7-3-1-2-6(10(7)14)11(18)17-9-4-8(13)15-5-16-9/h1-5H,(H,15,16,17,18). The molecule has 18 heavy (non-hydrogen) atoms. The second-order valence-electron chi connectivity index (χ2n) is 3.28. The van der Waals surface area contributed by atoms with E-state index in [0.717, 1.165) is 0 Å². The van der Waals surface area contributed by atoms with E-state index in [-0.39, 0.29) is 21.0 Å². The van der Waals surface area contributed by atoms with E-state index in [1.165, 1.54) is 24.5 Å². The lowest BCUT2D eigenvalue weighted by molar-refractivity contribution is 0.102. The molecule has 4 nitrogen and oxygen atoms in total. The van der Waals surface area contributed by atoms with Crippen molar-refractivity contribution in [3.63, 3.8) is 0 Å². The third-order valence-corrected chi connectivity index (χ3v) is 2.89. The van der Waals surface area contributed by atoms with Crippen LogP contribution in [-0.4, -0.2) is 15.9 Å². The summed E-state index contributed by atoms with van der Waals surface area (Å²) in [6, 6.07) is 5.82. The molecule has 1 amide bonds. The summed E-state index contributed by atoms with van der Waals surface area (Å²) in [6.45, 7) is 0. The normalized spacial score (nSPS) is 10.2. The Balaban J connectivity index is 2.25. The molecule has 1 aromatic carbocycles. The fourth-order valence-electron chi connectivity index (χ4n) is 1.26. The predicted octanol–water partition coefficient (Wildman–Crippen LogP) is 3.28. The maximum Gasteiger partial charge on any atom is 0.259 e. The van der Waals surface area contributed by atoms with E-state index in [2.05, 4.69) is 31.2 Å². The first kappa shape index (κ1) is 12.9. The van der Waals surface area contributed by atoms with Gasteiger partial charge in [-0.3, -0.25) is 4.79 Å². The Kier molecular flexibility index (Phi) is 3.88. The van der Waals surface area contributed by atoms with Crippen LogP contribution in [0.1, 0.15) is 10.4 Å². The van der Waals surface area contributed by atoms with Gasteiger partial charge in [-0.1, -0.05) is 17.7 Å². The Morgan fingerprint density at radius 2 is 2.17 bits per heavy atom. The van der Waals surface area contributed by atoms with Crippen LogP contribution < -0.4 is 5.32 Å². The van der Waals surface area contributed by atoms with Crippen molar-refractivity contribution in [3.05, 3.63) is 51.6 Å². The Hall–Kier alpha value is -1.53. The first-order valence-corrected chi connectivity index (χ1v) is 5.98. The second kappa shape index (κ2) is 5.41. The SMILES string of the molecule is O=C(Nc1cc(Cl)ncn1)c1cccc(Br)c1F. The zero-order chi connectivity index (χ0) is 13.1. The lowest BCUT2D eigenvalue weighted by Crippen LogP contribution is -2.15. The lowest BCUT2D eigenvalue weighted by Gasteiger charge is -2.06. The fraction of sp³-hybridized carbons (Fsp3) is 0. The minimum absolute atomic E-state index is 0.0842. The molecule has 7 heteroatoms. The minimum atomic E-state index is -0.629. The molecule has 0 bridgehead atoms. The van der Waals surface area contributed by atoms with E-state index >= 15 is 0 Å². The molecule has 92 valence electrons. The van der Waals surface area contributed by atoms with Gasteiger partial charge in [0.15, 0.2) is 0 Å². The van der Waals surface area contributed by atoms with Gasteiger partial charge in [-0.15, -0.1) is 0 Å². The van der Waals surface area contributed by atoms with Gasteiger partial charge in [-0.05, 0) is 28.1 Å². The van der Waals surface area contributed by atoms with Crippen LogP contribution in [0.5, 0.6) is 0 Å². The molecule has 0 atom stereocenters. The Labute approximate surface area is 115 Å². The molecule has 1 N–H and O–H groups in total. The number of anilines is 1. The minimum Gasteiger partial charge on any atom is -0.306 e. The van der Waals surface area contributed by atoms with Gasteiger partial charge in [0.25, 0.3) is 5.91 Å². The first-order valence-electron chi connectivity index (χ1n) is 4.81. The number of amides is 1. The third kappa shape index (κ3) is 2.83. The third-order valence-electron chi connectivity index (χ3n) is 2.07. The van der Waals surface area contributed by atoms with Gasteiger partial charge in [0.1, 0.15) is 23.1 Å². The van der Waals surface area contributed by atoms with Crippen molar-refractivity contribution in [2.24, 2.45) is 0 Å². The number of carbonyl (C=O) groups excluding carboxylic acids is 1. The molecule has 0 saturated heterocycles. The summed E-state index contributed by atoms with van der Waals surface area (Å²) in [5.41, 5.74) is -0.0842. The molecule has 0 aliphatic carbocycles. The molecule has 0 unspecified atom stereocenters. The quantitative estimate of drug-likeness (QED) is 0.860. The van der Waals surface area contributed by atoms with Gasteiger partial charge >= 0.3 is 0 Å². The van der Waals surface area contributed by atoms with Gasteiger partial charge < -0.3 is 5.32 Å². The average Bonchev–Trinajstić information content (AvgIpc) is 2.32. The molecular weight excluding hydrogens is 324 g/mol. The second-order valence-corrected chi connectivity index (χ2v) is 4.52. The highest BCUT2D eigenvalue weighted by Gasteiger charge is 2.14. The van der Waals surface area contributed by atoms with Crippen molar-refractivity contribution in [2.75, 3.05) is 5.32 Å². The lowest BCUT2D eigenvalue weighted by atomic mass is 10.2. The van der Waals surface area contributed by atoms with Gasteiger partial charge in [-0.25, -0.2) is 14.4 Å². The van der Waals surface area contributed by atoms with Crippen molar-refractivity contribution in [1.82, 2.24) is 9.97 Å². The molecular formula is C11H6BrClFN3O. The molecule has 2 rings (SSSR count). The largest absolute Gasteiger partial charge is 0.306 e. The number of nitrogens with one attached hydrogen (secondary N) is 1. The van der Waals surface area contributed by atoms with Crippen molar-refractivity contribution >= 4 is 39.3 Å². The van der Waals surface area contributed by atoms with E-state index in [1.807, 2.05) is 0 Å². The highest BCUT2D eigenvalue weighted by atomic mass is 79.9. The van der Waals surface area contributed by atoms with Gasteiger partial charge in [0.2, 0.25) is 0 Å². The number of carbonyl (C=O) groups is 1. The Morgan fingerprint density at radius 3 is 2.89 bits per heavy atom. The van der Waals surface area contributed by atoms with Crippen LogP contribution in [0.25, 0.3) is 0 Å². The highest BCUT2D eigenvalue weighted by molar-refractivity contribution is 9.10. The van der Waals surface area contributed by atoms with E-state index in [9.17, 15) is 9.18 Å². The molecule has 1 aromatic heterocycles. The molecule has 0 aliphatic rings. The molecule has 0 aliphatic heterocycles. The monoisotopic (exact) mass is 329 g/mol. The van der Waals surface area contributed by atoms with Gasteiger partial charge in [0.05, 0.1) is 10.0 Å². The summed E-state index contributed by atoms with van der Waals surface area (Å²) in [6.07, 6.45) is 1.20. The van der Waals surface area contributed by atoms with E-state index in [0.29, 0.717) is 0 Å². The zero-order valence-corrected chi connectivity index (χ0v) is 11.2. The summed E-state index contributed by atoms with van der Waals surface area (Å²) in [5, 5.41) is 2.62. The average molecular weight is 331 g/mol. The van der Waals surface area contributed by atoms with Crippen LogP contribution in [-0.2, 0) is 0 Å². The van der Waals surface area contributed by atoms with Crippen LogP contribution in [0.15, 0.2) is 35.1 Å². The van der Waals surface area contributed by atoms with Crippen LogP contribution in [0, 0.1) is 5.82 Å². The molecule has 0 radical (unpaired) electrons. The summed E-state index contributed by atoms with van der Waals surface area (Å²) in [4.78, 5) is 19.3. The molecule has 2 aromatic rings. The Bertz CT molecular complexity index is 609. The molecule has 0 spiro atoms. The number of aromatic nitrogens is 2. The van der Waals surface area contributed by atoms with Gasteiger partial charge in [0, 0.05) is 6.07 Å².